The molecule has 2 aromatic heterocycles. The van der Waals surface area contributed by atoms with Crippen LogP contribution in [0.25, 0.3) is 11.0 Å². The van der Waals surface area contributed by atoms with Crippen molar-refractivity contribution >= 4 is 17.0 Å². The summed E-state index contributed by atoms with van der Waals surface area (Å²) in [7, 11) is 0. The molecule has 0 amide bonds. The van der Waals surface area contributed by atoms with Gasteiger partial charge in [0, 0.05) is 6.20 Å². The standard InChI is InChI=1S/C6H6N6O/c7-12-6-8-1-3-4(11-6)9-2-10-5(3)13/h1-2H,7H2,(H2,8,9,10,11,12,13). The number of fused-ring (bicyclic) bond motifs is 1. The normalized spacial score (nSPS) is 10.2. The lowest BCUT2D eigenvalue weighted by Crippen LogP contribution is -2.13. The van der Waals surface area contributed by atoms with Gasteiger partial charge in [-0.1, -0.05) is 0 Å². The van der Waals surface area contributed by atoms with E-state index in [2.05, 4.69) is 25.4 Å². The number of nitrogens with two attached hydrogens (primary N) is 1. The molecule has 0 aromatic carbocycles. The summed E-state index contributed by atoms with van der Waals surface area (Å²) in [6, 6.07) is 0. The van der Waals surface area contributed by atoms with Crippen molar-refractivity contribution in [3.05, 3.63) is 22.9 Å². The predicted octanol–water partition coefficient (Wildman–Crippen LogP) is -1.00. The Bertz CT molecular complexity index is 492. The quantitative estimate of drug-likeness (QED) is 0.381. The Morgan fingerprint density at radius 3 is 3.08 bits per heavy atom. The Hall–Kier alpha value is -2.02. The molecule has 4 N–H and O–H groups in total. The number of hydrazine groups is 1. The fraction of sp³-hybridized carbons (Fsp3) is 0. The predicted molar refractivity (Wildman–Crippen MR) is 45.8 cm³/mol. The van der Waals surface area contributed by atoms with E-state index in [0.717, 1.165) is 0 Å². The highest BCUT2D eigenvalue weighted by Gasteiger charge is 2.01. The van der Waals surface area contributed by atoms with Crippen LogP contribution >= 0.6 is 0 Å². The molecule has 0 aliphatic rings. The average molecular weight is 178 g/mol. The van der Waals surface area contributed by atoms with Gasteiger partial charge in [-0.2, -0.15) is 4.98 Å². The number of anilines is 1. The van der Waals surface area contributed by atoms with Crippen molar-refractivity contribution in [2.75, 3.05) is 5.43 Å². The summed E-state index contributed by atoms with van der Waals surface area (Å²) in [6.07, 6.45) is 2.64. The van der Waals surface area contributed by atoms with Gasteiger partial charge in [0.25, 0.3) is 5.56 Å². The van der Waals surface area contributed by atoms with Crippen LogP contribution in [0.4, 0.5) is 5.95 Å². The number of nitrogens with one attached hydrogen (secondary N) is 2. The molecule has 13 heavy (non-hydrogen) atoms. The van der Waals surface area contributed by atoms with Crippen molar-refractivity contribution in [1.29, 1.82) is 0 Å². The van der Waals surface area contributed by atoms with Crippen molar-refractivity contribution in [3.8, 4) is 0 Å². The summed E-state index contributed by atoms with van der Waals surface area (Å²) < 4.78 is 0. The van der Waals surface area contributed by atoms with Gasteiger partial charge in [0.05, 0.1) is 6.33 Å². The summed E-state index contributed by atoms with van der Waals surface area (Å²) in [5, 5.41) is 0.335. The molecular formula is C6H6N6O. The van der Waals surface area contributed by atoms with Crippen LogP contribution in [0.3, 0.4) is 0 Å². The third-order valence-corrected chi connectivity index (χ3v) is 1.52. The highest BCUT2D eigenvalue weighted by Crippen LogP contribution is 2.02. The molecule has 2 rings (SSSR count). The minimum atomic E-state index is -0.270. The van der Waals surface area contributed by atoms with Gasteiger partial charge in [0.15, 0.2) is 5.65 Å². The summed E-state index contributed by atoms with van der Waals surface area (Å²) in [5.74, 6) is 5.32. The monoisotopic (exact) mass is 178 g/mol. The van der Waals surface area contributed by atoms with Crippen LogP contribution in [0, 0.1) is 0 Å². The topological polar surface area (TPSA) is 110 Å². The first-order chi connectivity index (χ1) is 6.31. The highest BCUT2D eigenvalue weighted by atomic mass is 16.1. The van der Waals surface area contributed by atoms with Crippen molar-refractivity contribution in [3.63, 3.8) is 0 Å². The lowest BCUT2D eigenvalue weighted by molar-refractivity contribution is 1.09. The fourth-order valence-corrected chi connectivity index (χ4v) is 0.931. The number of hydrogen-bond acceptors (Lipinski definition) is 6. The van der Waals surface area contributed by atoms with Gasteiger partial charge in [-0.05, 0) is 0 Å². The molecule has 0 atom stereocenters. The zero-order valence-corrected chi connectivity index (χ0v) is 6.48. The average Bonchev–Trinajstić information content (AvgIpc) is 2.18. The summed E-state index contributed by atoms with van der Waals surface area (Å²) >= 11 is 0. The third kappa shape index (κ3) is 1.20. The molecule has 0 aliphatic carbocycles. The van der Waals surface area contributed by atoms with Gasteiger partial charge in [-0.25, -0.2) is 15.8 Å². The number of aromatic nitrogens is 4. The van der Waals surface area contributed by atoms with E-state index in [0.29, 0.717) is 11.0 Å². The SMILES string of the molecule is NNc1ncc2c(=O)[nH]cnc2n1. The molecule has 0 saturated carbocycles. The van der Waals surface area contributed by atoms with E-state index in [1.54, 1.807) is 0 Å². The van der Waals surface area contributed by atoms with E-state index in [-0.39, 0.29) is 11.5 Å². The number of H-pyrrole nitrogens is 1. The van der Waals surface area contributed by atoms with Gasteiger partial charge in [0.2, 0.25) is 5.95 Å². The third-order valence-electron chi connectivity index (χ3n) is 1.52. The highest BCUT2D eigenvalue weighted by molar-refractivity contribution is 5.72. The molecule has 0 saturated heterocycles. The van der Waals surface area contributed by atoms with Crippen molar-refractivity contribution in [2.45, 2.75) is 0 Å². The Balaban J connectivity index is 2.80. The summed E-state index contributed by atoms with van der Waals surface area (Å²) in [4.78, 5) is 25.1. The second kappa shape index (κ2) is 2.79. The number of aromatic amines is 1. The lowest BCUT2D eigenvalue weighted by atomic mass is 10.4. The molecule has 0 spiro atoms. The molecule has 66 valence electrons. The number of hydrogen-bond donors (Lipinski definition) is 3. The second-order valence-electron chi connectivity index (χ2n) is 2.31. The maximum atomic E-state index is 11.2. The zero-order chi connectivity index (χ0) is 9.26. The van der Waals surface area contributed by atoms with E-state index in [1.165, 1.54) is 12.5 Å². The maximum Gasteiger partial charge on any atom is 0.261 e. The zero-order valence-electron chi connectivity index (χ0n) is 6.48. The largest absolute Gasteiger partial charge is 0.312 e. The van der Waals surface area contributed by atoms with Crippen LogP contribution in [0.5, 0.6) is 0 Å². The maximum absolute atomic E-state index is 11.2. The Morgan fingerprint density at radius 2 is 2.31 bits per heavy atom. The van der Waals surface area contributed by atoms with Gasteiger partial charge in [-0.15, -0.1) is 0 Å². The van der Waals surface area contributed by atoms with Crippen LogP contribution in [0.2, 0.25) is 0 Å². The van der Waals surface area contributed by atoms with Crippen LogP contribution < -0.4 is 16.8 Å². The molecule has 0 bridgehead atoms. The summed E-state index contributed by atoms with van der Waals surface area (Å²) in [5.41, 5.74) is 2.31. The van der Waals surface area contributed by atoms with E-state index < -0.39 is 0 Å². The molecule has 0 unspecified atom stereocenters. The molecule has 0 fully saturated rings. The van der Waals surface area contributed by atoms with Gasteiger partial charge < -0.3 is 4.98 Å². The molecule has 2 heterocycles. The van der Waals surface area contributed by atoms with Gasteiger partial charge >= 0.3 is 0 Å². The first-order valence-corrected chi connectivity index (χ1v) is 3.48. The molecule has 7 nitrogen and oxygen atoms in total. The Labute approximate surface area is 72.0 Å². The molecular weight excluding hydrogens is 172 g/mol. The van der Waals surface area contributed by atoms with E-state index in [1.807, 2.05) is 0 Å². The molecule has 7 heteroatoms. The van der Waals surface area contributed by atoms with Crippen LogP contribution in [0.1, 0.15) is 0 Å². The lowest BCUT2D eigenvalue weighted by Gasteiger charge is -1.97. The Morgan fingerprint density at radius 1 is 1.46 bits per heavy atom. The van der Waals surface area contributed by atoms with Gasteiger partial charge in [0.1, 0.15) is 5.39 Å². The van der Waals surface area contributed by atoms with Gasteiger partial charge in [-0.3, -0.25) is 10.2 Å². The van der Waals surface area contributed by atoms with E-state index >= 15 is 0 Å². The van der Waals surface area contributed by atoms with Crippen LogP contribution in [0.15, 0.2) is 17.3 Å². The minimum absolute atomic E-state index is 0.227. The first kappa shape index (κ1) is 7.62. The number of rotatable bonds is 1. The number of nitrogen functional groups attached to an aromatic ring is 1. The molecule has 2 aromatic rings. The van der Waals surface area contributed by atoms with Crippen LogP contribution in [-0.2, 0) is 0 Å². The summed E-state index contributed by atoms with van der Waals surface area (Å²) in [6.45, 7) is 0. The van der Waals surface area contributed by atoms with Crippen molar-refractivity contribution in [2.24, 2.45) is 5.84 Å². The first-order valence-electron chi connectivity index (χ1n) is 3.48. The smallest absolute Gasteiger partial charge is 0.261 e. The number of nitrogens with zero attached hydrogens (tertiary/aromatic N) is 3. The second-order valence-corrected chi connectivity index (χ2v) is 2.31. The molecule has 0 radical (unpaired) electrons. The van der Waals surface area contributed by atoms with Crippen molar-refractivity contribution < 1.29 is 0 Å². The molecule has 0 aliphatic heterocycles. The fourth-order valence-electron chi connectivity index (χ4n) is 0.931. The van der Waals surface area contributed by atoms with E-state index in [4.69, 9.17) is 5.84 Å². The minimum Gasteiger partial charge on any atom is -0.312 e. The Kier molecular flexibility index (Phi) is 1.64. The van der Waals surface area contributed by atoms with Crippen molar-refractivity contribution in [1.82, 2.24) is 19.9 Å². The van der Waals surface area contributed by atoms with Crippen LogP contribution in [-0.4, -0.2) is 19.9 Å². The van der Waals surface area contributed by atoms with E-state index in [9.17, 15) is 4.79 Å².